The van der Waals surface area contributed by atoms with Gasteiger partial charge in [0.25, 0.3) is 0 Å². The van der Waals surface area contributed by atoms with E-state index in [1.807, 2.05) is 12.1 Å². The minimum atomic E-state index is -4.37. The molecule has 1 amide bonds. The first-order valence-electron chi connectivity index (χ1n) is 11.8. The van der Waals surface area contributed by atoms with Gasteiger partial charge in [-0.25, -0.2) is 4.79 Å². The smallest absolute Gasteiger partial charge is 0.416 e. The van der Waals surface area contributed by atoms with Gasteiger partial charge in [0.05, 0.1) is 29.8 Å². The number of nitrogens with zero attached hydrogens (tertiary/aromatic N) is 1. The SMILES string of the molecule is COC(=O)c1ccc(C2(NC(=O)C3CC(C)(C)CCN3Cc3ccc(C(F)(F)F)cc3)CC2)cc1. The largest absolute Gasteiger partial charge is 0.465 e. The maximum Gasteiger partial charge on any atom is 0.416 e. The molecule has 0 radical (unpaired) electrons. The third kappa shape index (κ3) is 5.69. The minimum Gasteiger partial charge on any atom is -0.465 e. The van der Waals surface area contributed by atoms with Crippen molar-refractivity contribution in [2.45, 2.75) is 63.8 Å². The fraction of sp³-hybridized carbons (Fsp3) is 0.481. The summed E-state index contributed by atoms with van der Waals surface area (Å²) in [5, 5.41) is 3.25. The average molecular weight is 489 g/mol. The Morgan fingerprint density at radius 2 is 1.66 bits per heavy atom. The molecule has 4 rings (SSSR count). The highest BCUT2D eigenvalue weighted by Gasteiger charge is 2.48. The number of rotatable bonds is 6. The van der Waals surface area contributed by atoms with Crippen LogP contribution in [-0.4, -0.2) is 36.5 Å². The monoisotopic (exact) mass is 488 g/mol. The highest BCUT2D eigenvalue weighted by molar-refractivity contribution is 5.89. The molecule has 0 spiro atoms. The van der Waals surface area contributed by atoms with Crippen LogP contribution in [0.2, 0.25) is 0 Å². The van der Waals surface area contributed by atoms with Crippen molar-refractivity contribution < 1.29 is 27.5 Å². The number of hydrogen-bond acceptors (Lipinski definition) is 4. The van der Waals surface area contributed by atoms with E-state index in [0.717, 1.165) is 42.5 Å². The topological polar surface area (TPSA) is 58.6 Å². The Hall–Kier alpha value is -2.87. The Labute approximate surface area is 203 Å². The molecule has 2 aromatic carbocycles. The zero-order valence-corrected chi connectivity index (χ0v) is 20.2. The number of nitrogens with one attached hydrogen (secondary N) is 1. The van der Waals surface area contributed by atoms with Crippen LogP contribution in [0.4, 0.5) is 13.2 Å². The lowest BCUT2D eigenvalue weighted by atomic mass is 9.78. The third-order valence-corrected chi connectivity index (χ3v) is 7.20. The van der Waals surface area contributed by atoms with Crippen LogP contribution in [0.15, 0.2) is 48.5 Å². The molecule has 1 saturated carbocycles. The van der Waals surface area contributed by atoms with Crippen LogP contribution < -0.4 is 5.32 Å². The zero-order chi connectivity index (χ0) is 25.4. The molecule has 2 aliphatic rings. The Kier molecular flexibility index (Phi) is 6.70. The molecule has 0 bridgehead atoms. The molecule has 5 nitrogen and oxygen atoms in total. The number of esters is 1. The molecular formula is C27H31F3N2O3. The number of methoxy groups -OCH3 is 1. The van der Waals surface area contributed by atoms with E-state index in [1.165, 1.54) is 19.2 Å². The Morgan fingerprint density at radius 3 is 2.20 bits per heavy atom. The van der Waals surface area contributed by atoms with E-state index in [-0.39, 0.29) is 17.4 Å². The quantitative estimate of drug-likeness (QED) is 0.562. The number of halogens is 3. The van der Waals surface area contributed by atoms with Crippen LogP contribution in [-0.2, 0) is 27.8 Å². The van der Waals surface area contributed by atoms with Gasteiger partial charge < -0.3 is 10.1 Å². The second-order valence-electron chi connectivity index (χ2n) is 10.4. The number of amides is 1. The van der Waals surface area contributed by atoms with E-state index >= 15 is 0 Å². The maximum atomic E-state index is 13.5. The van der Waals surface area contributed by atoms with Crippen LogP contribution in [0.3, 0.4) is 0 Å². The van der Waals surface area contributed by atoms with Gasteiger partial charge in [-0.1, -0.05) is 38.1 Å². The number of hydrogen-bond donors (Lipinski definition) is 1. The van der Waals surface area contributed by atoms with E-state index in [0.29, 0.717) is 25.1 Å². The summed E-state index contributed by atoms with van der Waals surface area (Å²) in [5.74, 6) is -0.479. The third-order valence-electron chi connectivity index (χ3n) is 7.20. The average Bonchev–Trinajstić information content (AvgIpc) is 3.60. The van der Waals surface area contributed by atoms with Crippen molar-refractivity contribution in [2.75, 3.05) is 13.7 Å². The predicted octanol–water partition coefficient (Wildman–Crippen LogP) is 5.29. The van der Waals surface area contributed by atoms with Gasteiger partial charge in [-0.15, -0.1) is 0 Å². The van der Waals surface area contributed by atoms with Crippen LogP contribution in [0, 0.1) is 5.41 Å². The molecule has 8 heteroatoms. The Balaban J connectivity index is 1.49. The molecule has 1 aliphatic carbocycles. The van der Waals surface area contributed by atoms with Gasteiger partial charge in [0, 0.05) is 6.54 Å². The summed E-state index contributed by atoms with van der Waals surface area (Å²) in [6.45, 7) is 5.38. The molecule has 1 unspecified atom stereocenters. The number of ether oxygens (including phenoxy) is 1. The van der Waals surface area contributed by atoms with E-state index in [4.69, 9.17) is 4.74 Å². The first kappa shape index (κ1) is 25.2. The van der Waals surface area contributed by atoms with Crippen molar-refractivity contribution in [3.8, 4) is 0 Å². The van der Waals surface area contributed by atoms with E-state index in [2.05, 4.69) is 24.1 Å². The first-order valence-corrected chi connectivity index (χ1v) is 11.8. The number of benzene rings is 2. The number of carbonyl (C=O) groups is 2. The maximum absolute atomic E-state index is 13.5. The van der Waals surface area contributed by atoms with Gasteiger partial charge in [-0.05, 0) is 73.0 Å². The molecule has 2 aromatic rings. The standard InChI is InChI=1S/C27H31F3N2O3/c1-25(2)14-15-32(17-18-4-8-21(9-5-18)27(28,29)30)22(16-25)23(33)31-26(12-13-26)20-10-6-19(7-11-20)24(34)35-3/h4-11,22H,12-17H2,1-3H3,(H,31,33). The van der Waals surface area contributed by atoms with Gasteiger partial charge >= 0.3 is 12.1 Å². The lowest BCUT2D eigenvalue weighted by molar-refractivity contribution is -0.137. The van der Waals surface area contributed by atoms with E-state index < -0.39 is 23.2 Å². The highest BCUT2D eigenvalue weighted by Crippen LogP contribution is 2.46. The van der Waals surface area contributed by atoms with Crippen molar-refractivity contribution in [1.29, 1.82) is 0 Å². The summed E-state index contributed by atoms with van der Waals surface area (Å²) in [6.07, 6.45) is -1.19. The number of alkyl halides is 3. The second-order valence-corrected chi connectivity index (χ2v) is 10.4. The van der Waals surface area contributed by atoms with Crippen LogP contribution >= 0.6 is 0 Å². The van der Waals surface area contributed by atoms with Crippen molar-refractivity contribution in [2.24, 2.45) is 5.41 Å². The molecule has 1 aliphatic heterocycles. The van der Waals surface area contributed by atoms with Crippen molar-refractivity contribution in [3.05, 3.63) is 70.8 Å². The van der Waals surface area contributed by atoms with Crippen LogP contribution in [0.5, 0.6) is 0 Å². The van der Waals surface area contributed by atoms with Gasteiger partial charge in [-0.2, -0.15) is 13.2 Å². The summed E-state index contributed by atoms with van der Waals surface area (Å²) in [6, 6.07) is 11.9. The summed E-state index contributed by atoms with van der Waals surface area (Å²) < 4.78 is 43.5. The molecule has 1 saturated heterocycles. The molecule has 1 heterocycles. The number of piperidine rings is 1. The minimum absolute atomic E-state index is 0.0163. The Bertz CT molecular complexity index is 1070. The molecule has 35 heavy (non-hydrogen) atoms. The lowest BCUT2D eigenvalue weighted by Gasteiger charge is -2.43. The van der Waals surface area contributed by atoms with Gasteiger partial charge in [0.15, 0.2) is 0 Å². The molecule has 2 fully saturated rings. The summed E-state index contributed by atoms with van der Waals surface area (Å²) in [7, 11) is 1.33. The van der Waals surface area contributed by atoms with E-state index in [1.54, 1.807) is 12.1 Å². The van der Waals surface area contributed by atoms with Crippen LogP contribution in [0.1, 0.15) is 66.6 Å². The molecular weight excluding hydrogens is 457 g/mol. The van der Waals surface area contributed by atoms with Gasteiger partial charge in [-0.3, -0.25) is 9.69 Å². The first-order chi connectivity index (χ1) is 16.4. The summed E-state index contributed by atoms with van der Waals surface area (Å²) >= 11 is 0. The number of likely N-dealkylation sites (tertiary alicyclic amines) is 1. The molecule has 188 valence electrons. The molecule has 1 atom stereocenters. The van der Waals surface area contributed by atoms with E-state index in [9.17, 15) is 22.8 Å². The van der Waals surface area contributed by atoms with Crippen molar-refractivity contribution >= 4 is 11.9 Å². The molecule has 1 N–H and O–H groups in total. The predicted molar refractivity (Wildman–Crippen MR) is 125 cm³/mol. The highest BCUT2D eigenvalue weighted by atomic mass is 19.4. The second kappa shape index (κ2) is 9.30. The van der Waals surface area contributed by atoms with Gasteiger partial charge in [0.1, 0.15) is 0 Å². The number of carbonyl (C=O) groups excluding carboxylic acids is 2. The normalized spacial score (nSPS) is 21.3. The van der Waals surface area contributed by atoms with Crippen molar-refractivity contribution in [3.63, 3.8) is 0 Å². The fourth-order valence-corrected chi connectivity index (χ4v) is 4.81. The summed E-state index contributed by atoms with van der Waals surface area (Å²) in [5.41, 5.74) is 1.00. The van der Waals surface area contributed by atoms with Gasteiger partial charge in [0.2, 0.25) is 5.91 Å². The lowest BCUT2D eigenvalue weighted by Crippen LogP contribution is -2.54. The fourth-order valence-electron chi connectivity index (χ4n) is 4.81. The van der Waals surface area contributed by atoms with Crippen molar-refractivity contribution in [1.82, 2.24) is 10.2 Å². The summed E-state index contributed by atoms with van der Waals surface area (Å²) in [4.78, 5) is 27.4. The zero-order valence-electron chi connectivity index (χ0n) is 20.2. The van der Waals surface area contributed by atoms with Crippen LogP contribution in [0.25, 0.3) is 0 Å². The Morgan fingerprint density at radius 1 is 1.03 bits per heavy atom. The molecule has 0 aromatic heterocycles.